The average molecular weight is 289 g/mol. The number of halogens is 3. The largest absolute Gasteiger partial charge is 0.224 e. The van der Waals surface area contributed by atoms with Gasteiger partial charge in [-0.1, -0.05) is 34.2 Å². The quantitative estimate of drug-likeness (QED) is 0.344. The zero-order valence-corrected chi connectivity index (χ0v) is 8.48. The summed E-state index contributed by atoms with van der Waals surface area (Å²) in [7, 11) is 0. The Bertz CT molecular complexity index is 221. The molecule has 0 aliphatic heterocycles. The normalized spacial score (nSPS) is 9.90. The molecule has 0 amide bonds. The summed E-state index contributed by atoms with van der Waals surface area (Å²) in [5.74, 6) is 0. The highest BCUT2D eigenvalue weighted by Crippen LogP contribution is 2.12. The minimum Gasteiger partial charge on any atom is -0.222 e. The van der Waals surface area contributed by atoms with E-state index in [1.807, 2.05) is 0 Å². The molecule has 0 saturated heterocycles. The molecular weight excluding hydrogens is 286 g/mol. The summed E-state index contributed by atoms with van der Waals surface area (Å²) in [6, 6.07) is 1.69. The molecule has 0 aliphatic carbocycles. The van der Waals surface area contributed by atoms with Crippen LogP contribution in [-0.2, 0) is 4.43 Å². The lowest BCUT2D eigenvalue weighted by atomic mass is 10.5. The van der Waals surface area contributed by atoms with Gasteiger partial charge in [0.15, 0.2) is 0 Å². The van der Waals surface area contributed by atoms with Crippen LogP contribution in [0.2, 0.25) is 10.4 Å². The monoisotopic (exact) mass is 288 g/mol. The summed E-state index contributed by atoms with van der Waals surface area (Å²) in [4.78, 5) is 7.61. The van der Waals surface area contributed by atoms with Gasteiger partial charge in [-0.2, -0.15) is 0 Å². The average Bonchev–Trinajstić information content (AvgIpc) is 1.85. The Balaban J connectivity index is 3.06. The number of aromatic nitrogens is 2. The third kappa shape index (κ3) is 2.21. The summed E-state index contributed by atoms with van der Waals surface area (Å²) in [5.41, 5.74) is 0.852. The van der Waals surface area contributed by atoms with E-state index in [0.717, 1.165) is 10.1 Å². The number of rotatable bonds is 1. The summed E-state index contributed by atoms with van der Waals surface area (Å²) < 4.78 is 0.791. The molecule has 1 aromatic rings. The molecule has 54 valence electrons. The van der Waals surface area contributed by atoms with Gasteiger partial charge in [0.2, 0.25) is 5.28 Å². The van der Waals surface area contributed by atoms with E-state index < -0.39 is 0 Å². The standard InChI is InChI=1S/C5H3Cl2IN2/c6-4-1-3(2-8)9-5(7)10-4/h1H,2H2. The molecule has 1 rings (SSSR count). The van der Waals surface area contributed by atoms with E-state index in [-0.39, 0.29) is 5.28 Å². The zero-order valence-electron chi connectivity index (χ0n) is 4.81. The van der Waals surface area contributed by atoms with E-state index in [0.29, 0.717) is 5.15 Å². The Morgan fingerprint density at radius 1 is 1.40 bits per heavy atom. The smallest absolute Gasteiger partial charge is 0.222 e. The van der Waals surface area contributed by atoms with Gasteiger partial charge >= 0.3 is 0 Å². The van der Waals surface area contributed by atoms with Gasteiger partial charge in [-0.15, -0.1) is 0 Å². The molecule has 0 N–H and O–H groups in total. The molecule has 0 aromatic carbocycles. The highest BCUT2D eigenvalue weighted by molar-refractivity contribution is 14.1. The van der Waals surface area contributed by atoms with Crippen molar-refractivity contribution in [3.05, 3.63) is 22.2 Å². The first-order valence-electron chi connectivity index (χ1n) is 2.47. The maximum Gasteiger partial charge on any atom is 0.224 e. The highest BCUT2D eigenvalue weighted by Gasteiger charge is 1.97. The molecule has 0 aliphatic rings. The van der Waals surface area contributed by atoms with Crippen LogP contribution in [0.5, 0.6) is 0 Å². The fraction of sp³-hybridized carbons (Fsp3) is 0.200. The first-order chi connectivity index (χ1) is 4.72. The van der Waals surface area contributed by atoms with Crippen molar-refractivity contribution in [2.24, 2.45) is 0 Å². The van der Waals surface area contributed by atoms with E-state index in [2.05, 4.69) is 32.6 Å². The third-order valence-corrected chi connectivity index (χ3v) is 2.00. The lowest BCUT2D eigenvalue weighted by molar-refractivity contribution is 1.10. The predicted octanol–water partition coefficient (Wildman–Crippen LogP) is 2.72. The van der Waals surface area contributed by atoms with E-state index in [9.17, 15) is 0 Å². The van der Waals surface area contributed by atoms with Crippen LogP contribution in [0.4, 0.5) is 0 Å². The van der Waals surface area contributed by atoms with Crippen LogP contribution in [0.15, 0.2) is 6.07 Å². The molecule has 1 aromatic heterocycles. The lowest BCUT2D eigenvalue weighted by Crippen LogP contribution is -1.88. The molecule has 1 heterocycles. The number of hydrogen-bond acceptors (Lipinski definition) is 2. The molecule has 0 saturated carbocycles. The van der Waals surface area contributed by atoms with Crippen LogP contribution in [0, 0.1) is 0 Å². The van der Waals surface area contributed by atoms with Crippen LogP contribution in [0.25, 0.3) is 0 Å². The van der Waals surface area contributed by atoms with E-state index in [4.69, 9.17) is 23.2 Å². The number of alkyl halides is 1. The van der Waals surface area contributed by atoms with Gasteiger partial charge in [0.1, 0.15) is 5.15 Å². The SMILES string of the molecule is Clc1cc(CI)nc(Cl)n1. The van der Waals surface area contributed by atoms with Crippen LogP contribution < -0.4 is 0 Å². The van der Waals surface area contributed by atoms with Gasteiger partial charge < -0.3 is 0 Å². The van der Waals surface area contributed by atoms with Crippen LogP contribution in [-0.4, -0.2) is 9.97 Å². The Morgan fingerprint density at radius 2 is 2.10 bits per heavy atom. The van der Waals surface area contributed by atoms with E-state index in [1.54, 1.807) is 6.07 Å². The second kappa shape index (κ2) is 3.69. The van der Waals surface area contributed by atoms with Gasteiger partial charge in [-0.25, -0.2) is 9.97 Å². The highest BCUT2D eigenvalue weighted by atomic mass is 127. The maximum absolute atomic E-state index is 5.59. The Labute approximate surface area is 82.1 Å². The number of hydrogen-bond donors (Lipinski definition) is 0. The lowest BCUT2D eigenvalue weighted by Gasteiger charge is -1.94. The topological polar surface area (TPSA) is 25.8 Å². The second-order valence-electron chi connectivity index (χ2n) is 1.58. The van der Waals surface area contributed by atoms with Gasteiger partial charge in [0, 0.05) is 4.43 Å². The van der Waals surface area contributed by atoms with E-state index >= 15 is 0 Å². The van der Waals surface area contributed by atoms with Crippen LogP contribution >= 0.6 is 45.8 Å². The van der Waals surface area contributed by atoms with Crippen molar-refractivity contribution < 1.29 is 0 Å². The molecule has 2 nitrogen and oxygen atoms in total. The minimum atomic E-state index is 0.208. The fourth-order valence-corrected chi connectivity index (χ4v) is 1.34. The van der Waals surface area contributed by atoms with Crippen molar-refractivity contribution >= 4 is 45.8 Å². The van der Waals surface area contributed by atoms with Gasteiger partial charge in [0.05, 0.1) is 5.69 Å². The Kier molecular flexibility index (Phi) is 3.13. The molecule has 0 radical (unpaired) electrons. The van der Waals surface area contributed by atoms with Gasteiger partial charge in [-0.3, -0.25) is 0 Å². The molecule has 5 heteroatoms. The van der Waals surface area contributed by atoms with Gasteiger partial charge in [0.25, 0.3) is 0 Å². The van der Waals surface area contributed by atoms with Crippen LogP contribution in [0.1, 0.15) is 5.69 Å². The molecule has 0 atom stereocenters. The summed E-state index contributed by atoms with van der Waals surface area (Å²) in [6.07, 6.45) is 0. The predicted molar refractivity (Wildman–Crippen MR) is 49.8 cm³/mol. The van der Waals surface area contributed by atoms with Crippen LogP contribution in [0.3, 0.4) is 0 Å². The van der Waals surface area contributed by atoms with E-state index in [1.165, 1.54) is 0 Å². The molecule has 0 bridgehead atoms. The Hall–Kier alpha value is 0.390. The molecule has 10 heavy (non-hydrogen) atoms. The van der Waals surface area contributed by atoms with Crippen molar-refractivity contribution in [3.8, 4) is 0 Å². The van der Waals surface area contributed by atoms with Gasteiger partial charge in [-0.05, 0) is 17.7 Å². The van der Waals surface area contributed by atoms with Crippen molar-refractivity contribution in [1.82, 2.24) is 9.97 Å². The fourth-order valence-electron chi connectivity index (χ4n) is 0.502. The zero-order chi connectivity index (χ0) is 7.56. The van der Waals surface area contributed by atoms with Crippen molar-refractivity contribution in [2.45, 2.75) is 4.43 Å². The van der Waals surface area contributed by atoms with Crippen molar-refractivity contribution in [1.29, 1.82) is 0 Å². The van der Waals surface area contributed by atoms with Crippen molar-refractivity contribution in [3.63, 3.8) is 0 Å². The third-order valence-electron chi connectivity index (χ3n) is 0.858. The second-order valence-corrected chi connectivity index (χ2v) is 3.07. The summed E-state index contributed by atoms with van der Waals surface area (Å²) in [5, 5.41) is 0.603. The molecular formula is C5H3Cl2IN2. The minimum absolute atomic E-state index is 0.208. The molecule has 0 unspecified atom stereocenters. The van der Waals surface area contributed by atoms with Crippen molar-refractivity contribution in [2.75, 3.05) is 0 Å². The molecule has 0 spiro atoms. The Morgan fingerprint density at radius 3 is 2.60 bits per heavy atom. The maximum atomic E-state index is 5.59. The first kappa shape index (κ1) is 8.49. The molecule has 0 fully saturated rings. The first-order valence-corrected chi connectivity index (χ1v) is 4.75. The number of nitrogens with zero attached hydrogens (tertiary/aromatic N) is 2. The summed E-state index contributed by atoms with van der Waals surface area (Å²) >= 11 is 13.3. The summed E-state index contributed by atoms with van der Waals surface area (Å²) in [6.45, 7) is 0.